The standard InChI is InChI=1S/C12H18N2O2S/c1-8-5-9(8)6-14(2)12-13-10(7-17-12)3-4-11(15)16/h7-9H,3-6H2,1-2H3,(H,15,16). The lowest BCUT2D eigenvalue weighted by Gasteiger charge is -2.14. The number of aryl methyl sites for hydroxylation is 1. The molecule has 0 radical (unpaired) electrons. The third-order valence-corrected chi connectivity index (χ3v) is 4.25. The Bertz CT molecular complexity index is 405. The van der Waals surface area contributed by atoms with Crippen LogP contribution in [-0.4, -0.2) is 29.7 Å². The van der Waals surface area contributed by atoms with Gasteiger partial charge in [-0.1, -0.05) is 6.92 Å². The van der Waals surface area contributed by atoms with E-state index in [9.17, 15) is 4.79 Å². The molecule has 0 amide bonds. The molecular formula is C12H18N2O2S. The van der Waals surface area contributed by atoms with E-state index < -0.39 is 5.97 Å². The zero-order valence-corrected chi connectivity index (χ0v) is 11.0. The molecule has 0 bridgehead atoms. The first-order chi connectivity index (χ1) is 8.06. The highest BCUT2D eigenvalue weighted by Gasteiger charge is 2.33. The molecule has 1 aromatic rings. The topological polar surface area (TPSA) is 53.4 Å². The van der Waals surface area contributed by atoms with Crippen LogP contribution in [0.4, 0.5) is 5.13 Å². The quantitative estimate of drug-likeness (QED) is 0.846. The molecule has 1 N–H and O–H groups in total. The van der Waals surface area contributed by atoms with E-state index in [1.54, 1.807) is 11.3 Å². The predicted molar refractivity (Wildman–Crippen MR) is 68.6 cm³/mol. The summed E-state index contributed by atoms with van der Waals surface area (Å²) in [4.78, 5) is 17.1. The fourth-order valence-corrected chi connectivity index (χ4v) is 2.74. The van der Waals surface area contributed by atoms with E-state index in [-0.39, 0.29) is 6.42 Å². The van der Waals surface area contributed by atoms with E-state index in [1.807, 2.05) is 5.38 Å². The summed E-state index contributed by atoms with van der Waals surface area (Å²) in [6.07, 6.45) is 2.01. The van der Waals surface area contributed by atoms with Crippen LogP contribution in [0.15, 0.2) is 5.38 Å². The SMILES string of the molecule is CC1CC1CN(C)c1nc(CCC(=O)O)cs1. The number of aliphatic carboxylic acids is 1. The highest BCUT2D eigenvalue weighted by molar-refractivity contribution is 7.13. The highest BCUT2D eigenvalue weighted by atomic mass is 32.1. The number of carboxylic acid groups (broad SMARTS) is 1. The molecule has 1 fully saturated rings. The van der Waals surface area contributed by atoms with Gasteiger partial charge in [-0.05, 0) is 18.3 Å². The molecule has 1 aliphatic rings. The Kier molecular flexibility index (Phi) is 3.66. The summed E-state index contributed by atoms with van der Waals surface area (Å²) in [6.45, 7) is 3.34. The summed E-state index contributed by atoms with van der Waals surface area (Å²) < 4.78 is 0. The number of nitrogens with zero attached hydrogens (tertiary/aromatic N) is 2. The second-order valence-corrected chi connectivity index (χ2v) is 5.71. The number of carbonyl (C=O) groups is 1. The van der Waals surface area contributed by atoms with Crippen LogP contribution >= 0.6 is 11.3 Å². The molecule has 5 heteroatoms. The van der Waals surface area contributed by atoms with Gasteiger partial charge < -0.3 is 10.0 Å². The molecule has 1 aliphatic carbocycles. The van der Waals surface area contributed by atoms with Gasteiger partial charge in [0, 0.05) is 25.4 Å². The normalized spacial score (nSPS) is 22.5. The van der Waals surface area contributed by atoms with Crippen LogP contribution in [-0.2, 0) is 11.2 Å². The molecule has 4 nitrogen and oxygen atoms in total. The second kappa shape index (κ2) is 5.04. The predicted octanol–water partition coefficient (Wildman–Crippen LogP) is 2.25. The third kappa shape index (κ3) is 3.43. The second-order valence-electron chi connectivity index (χ2n) is 4.87. The maximum absolute atomic E-state index is 10.5. The van der Waals surface area contributed by atoms with Crippen molar-refractivity contribution in [3.8, 4) is 0 Å². The van der Waals surface area contributed by atoms with E-state index in [4.69, 9.17) is 5.11 Å². The van der Waals surface area contributed by atoms with Gasteiger partial charge in [-0.25, -0.2) is 4.98 Å². The molecule has 1 heterocycles. The average molecular weight is 254 g/mol. The monoisotopic (exact) mass is 254 g/mol. The van der Waals surface area contributed by atoms with Gasteiger partial charge in [-0.2, -0.15) is 0 Å². The van der Waals surface area contributed by atoms with E-state index >= 15 is 0 Å². The molecule has 1 aromatic heterocycles. The summed E-state index contributed by atoms with van der Waals surface area (Å²) in [6, 6.07) is 0. The maximum Gasteiger partial charge on any atom is 0.303 e. The molecule has 17 heavy (non-hydrogen) atoms. The lowest BCUT2D eigenvalue weighted by atomic mass is 10.2. The Morgan fingerprint density at radius 3 is 3.00 bits per heavy atom. The van der Waals surface area contributed by atoms with Gasteiger partial charge in [-0.3, -0.25) is 4.79 Å². The van der Waals surface area contributed by atoms with E-state index in [0.29, 0.717) is 6.42 Å². The molecule has 2 rings (SSSR count). The van der Waals surface area contributed by atoms with Crippen LogP contribution in [0.3, 0.4) is 0 Å². The van der Waals surface area contributed by atoms with Crippen molar-refractivity contribution >= 4 is 22.4 Å². The number of hydrogen-bond acceptors (Lipinski definition) is 4. The molecule has 0 aromatic carbocycles. The molecular weight excluding hydrogens is 236 g/mol. The van der Waals surface area contributed by atoms with Crippen LogP contribution in [0, 0.1) is 11.8 Å². The van der Waals surface area contributed by atoms with Crippen molar-refractivity contribution in [3.05, 3.63) is 11.1 Å². The molecule has 0 saturated heterocycles. The first-order valence-electron chi connectivity index (χ1n) is 5.93. The highest BCUT2D eigenvalue weighted by Crippen LogP contribution is 2.38. The van der Waals surface area contributed by atoms with Crippen molar-refractivity contribution in [1.82, 2.24) is 4.98 Å². The van der Waals surface area contributed by atoms with Crippen molar-refractivity contribution in [2.75, 3.05) is 18.5 Å². The van der Waals surface area contributed by atoms with Gasteiger partial charge in [0.05, 0.1) is 12.1 Å². The minimum atomic E-state index is -0.764. The Labute approximate surface area is 105 Å². The summed E-state index contributed by atoms with van der Waals surface area (Å²) in [5, 5.41) is 11.6. The fourth-order valence-electron chi connectivity index (χ4n) is 1.90. The Morgan fingerprint density at radius 2 is 2.41 bits per heavy atom. The number of hydrogen-bond donors (Lipinski definition) is 1. The fraction of sp³-hybridized carbons (Fsp3) is 0.667. The molecule has 1 saturated carbocycles. The van der Waals surface area contributed by atoms with Crippen molar-refractivity contribution in [2.45, 2.75) is 26.2 Å². The molecule has 94 valence electrons. The van der Waals surface area contributed by atoms with Gasteiger partial charge in [0.25, 0.3) is 0 Å². The van der Waals surface area contributed by atoms with Crippen LogP contribution in [0.5, 0.6) is 0 Å². The summed E-state index contributed by atoms with van der Waals surface area (Å²) in [5.74, 6) is 0.898. The van der Waals surface area contributed by atoms with Crippen molar-refractivity contribution in [2.24, 2.45) is 11.8 Å². The van der Waals surface area contributed by atoms with Gasteiger partial charge in [0.1, 0.15) is 0 Å². The van der Waals surface area contributed by atoms with Crippen LogP contribution in [0.25, 0.3) is 0 Å². The number of anilines is 1. The number of thiazole rings is 1. The summed E-state index contributed by atoms with van der Waals surface area (Å²) >= 11 is 1.60. The van der Waals surface area contributed by atoms with Crippen molar-refractivity contribution in [3.63, 3.8) is 0 Å². The van der Waals surface area contributed by atoms with Crippen LogP contribution < -0.4 is 4.90 Å². The largest absolute Gasteiger partial charge is 0.481 e. The maximum atomic E-state index is 10.5. The van der Waals surface area contributed by atoms with Gasteiger partial charge in [-0.15, -0.1) is 11.3 Å². The van der Waals surface area contributed by atoms with Crippen LogP contribution in [0.2, 0.25) is 0 Å². The lowest BCUT2D eigenvalue weighted by molar-refractivity contribution is -0.136. The zero-order valence-electron chi connectivity index (χ0n) is 10.2. The summed E-state index contributed by atoms with van der Waals surface area (Å²) in [5.41, 5.74) is 0.892. The molecule has 0 spiro atoms. The number of aromatic nitrogens is 1. The minimum absolute atomic E-state index is 0.159. The summed E-state index contributed by atoms with van der Waals surface area (Å²) in [7, 11) is 2.06. The van der Waals surface area contributed by atoms with Crippen LogP contribution in [0.1, 0.15) is 25.5 Å². The average Bonchev–Trinajstić information content (AvgIpc) is 2.81. The third-order valence-electron chi connectivity index (χ3n) is 3.25. The molecule has 0 aliphatic heterocycles. The molecule has 2 atom stereocenters. The van der Waals surface area contributed by atoms with Gasteiger partial charge in [0.15, 0.2) is 5.13 Å². The van der Waals surface area contributed by atoms with E-state index in [0.717, 1.165) is 29.2 Å². The first-order valence-corrected chi connectivity index (χ1v) is 6.81. The van der Waals surface area contributed by atoms with E-state index in [1.165, 1.54) is 6.42 Å². The van der Waals surface area contributed by atoms with Crippen molar-refractivity contribution < 1.29 is 9.90 Å². The van der Waals surface area contributed by atoms with Gasteiger partial charge >= 0.3 is 5.97 Å². The van der Waals surface area contributed by atoms with Crippen molar-refractivity contribution in [1.29, 1.82) is 0 Å². The zero-order chi connectivity index (χ0) is 12.4. The lowest BCUT2D eigenvalue weighted by Crippen LogP contribution is -2.20. The van der Waals surface area contributed by atoms with E-state index in [2.05, 4.69) is 23.9 Å². The number of carboxylic acids is 1. The number of rotatable bonds is 6. The Hall–Kier alpha value is -1.10. The molecule has 2 unspecified atom stereocenters. The smallest absolute Gasteiger partial charge is 0.303 e. The Morgan fingerprint density at radius 1 is 1.71 bits per heavy atom. The van der Waals surface area contributed by atoms with Gasteiger partial charge in [0.2, 0.25) is 0 Å². The minimum Gasteiger partial charge on any atom is -0.481 e. The Balaban J connectivity index is 1.86. The first kappa shape index (κ1) is 12.4.